The maximum atomic E-state index is 11.4. The predicted molar refractivity (Wildman–Crippen MR) is 43.2 cm³/mol. The van der Waals surface area contributed by atoms with Gasteiger partial charge in [-0.25, -0.2) is 9.00 Å². The molecule has 0 fully saturated rings. The van der Waals surface area contributed by atoms with Crippen LogP contribution in [0.2, 0.25) is 0 Å². The Morgan fingerprint density at radius 1 is 1.67 bits per heavy atom. The molecule has 1 aromatic rings. The molecule has 0 saturated carbocycles. The molecule has 64 valence electrons. The van der Waals surface area contributed by atoms with Gasteiger partial charge in [0.2, 0.25) is 0 Å². The lowest BCUT2D eigenvalue weighted by molar-refractivity contribution is 0.247. The van der Waals surface area contributed by atoms with E-state index in [9.17, 15) is 9.00 Å². The van der Waals surface area contributed by atoms with Crippen LogP contribution in [0.15, 0.2) is 16.6 Å². The molecule has 0 saturated heterocycles. The van der Waals surface area contributed by atoms with Crippen LogP contribution in [0, 0.1) is 0 Å². The van der Waals surface area contributed by atoms with Crippen LogP contribution in [0.25, 0.3) is 0 Å². The molecule has 2 rings (SSSR count). The van der Waals surface area contributed by atoms with Crippen molar-refractivity contribution in [3.8, 4) is 0 Å². The monoisotopic (exact) mass is 185 g/mol. The van der Waals surface area contributed by atoms with Crippen molar-refractivity contribution < 1.29 is 9.00 Å². The Bertz CT molecular complexity index is 453. The van der Waals surface area contributed by atoms with E-state index in [0.29, 0.717) is 11.4 Å². The Balaban J connectivity index is 2.65. The molecule has 2 heterocycles. The lowest BCUT2D eigenvalue weighted by Gasteiger charge is -2.10. The molecule has 1 aliphatic heterocycles. The van der Waals surface area contributed by atoms with E-state index >= 15 is 0 Å². The van der Waals surface area contributed by atoms with E-state index in [4.69, 9.17) is 0 Å². The maximum Gasteiger partial charge on any atom is 0.376 e. The molecule has 0 bridgehead atoms. The first-order valence-corrected chi connectivity index (χ1v) is 5.45. The molecule has 0 spiro atoms. The van der Waals surface area contributed by atoms with Gasteiger partial charge in [0.1, 0.15) is 0 Å². The zero-order chi connectivity index (χ0) is 8.77. The largest absolute Gasteiger partial charge is 0.376 e. The summed E-state index contributed by atoms with van der Waals surface area (Å²) in [6.07, 6.45) is 2.98. The van der Waals surface area contributed by atoms with Gasteiger partial charge in [-0.1, -0.05) is 0 Å². The first-order chi connectivity index (χ1) is 5.58. The molecule has 1 aromatic heterocycles. The van der Waals surface area contributed by atoms with Crippen LogP contribution in [0.5, 0.6) is 0 Å². The third kappa shape index (κ3) is 1.04. The van der Waals surface area contributed by atoms with Gasteiger partial charge in [0.25, 0.3) is 0 Å². The first kappa shape index (κ1) is 7.48. The average molecular weight is 185 g/mol. The highest BCUT2D eigenvalue weighted by Gasteiger charge is 2.20. The van der Waals surface area contributed by atoms with E-state index in [1.165, 1.54) is 17.1 Å². The van der Waals surface area contributed by atoms with E-state index in [0.717, 1.165) is 0 Å². The minimum absolute atomic E-state index is 0.304. The molecule has 0 radical (unpaired) electrons. The summed E-state index contributed by atoms with van der Waals surface area (Å²) >= 11 is 0. The fraction of sp³-hybridized carbons (Fsp3) is 0.333. The summed E-state index contributed by atoms with van der Waals surface area (Å²) in [5.74, 6) is 0.304. The van der Waals surface area contributed by atoms with Crippen molar-refractivity contribution in [3.63, 3.8) is 0 Å². The van der Waals surface area contributed by atoms with E-state index < -0.39 is 15.8 Å². The van der Waals surface area contributed by atoms with Crippen LogP contribution < -0.4 is 0 Å². The highest BCUT2D eigenvalue weighted by atomic mass is 32.2. The second-order valence-corrected chi connectivity index (χ2v) is 5.10. The topological polar surface area (TPSA) is 64.3 Å². The standard InChI is InChI=1S/C6H7N3O2S/c1-12(11)4-5-2-3-7-9(5)6(10)8-12/h2-3H,4H2,1H3. The van der Waals surface area contributed by atoms with Gasteiger partial charge < -0.3 is 0 Å². The SMILES string of the molecule is CS1(=O)=NC(=O)n2nccc2C1. The maximum absolute atomic E-state index is 11.4. The van der Waals surface area contributed by atoms with E-state index in [2.05, 4.69) is 9.46 Å². The summed E-state index contributed by atoms with van der Waals surface area (Å²) in [4.78, 5) is 11.1. The van der Waals surface area contributed by atoms with Crippen molar-refractivity contribution in [2.75, 3.05) is 6.26 Å². The van der Waals surface area contributed by atoms with Crippen molar-refractivity contribution >= 4 is 15.8 Å². The second-order valence-electron chi connectivity index (χ2n) is 2.71. The average Bonchev–Trinajstić information content (AvgIpc) is 2.31. The summed E-state index contributed by atoms with van der Waals surface area (Å²) in [5, 5.41) is 3.75. The van der Waals surface area contributed by atoms with E-state index in [-0.39, 0.29) is 0 Å². The summed E-state index contributed by atoms with van der Waals surface area (Å²) in [6.45, 7) is 0. The van der Waals surface area contributed by atoms with Crippen LogP contribution in [-0.2, 0) is 15.5 Å². The molecule has 5 nitrogen and oxygen atoms in total. The number of rotatable bonds is 0. The van der Waals surface area contributed by atoms with Gasteiger partial charge in [-0.15, -0.1) is 4.36 Å². The molecule has 1 atom stereocenters. The molecule has 1 amide bonds. The highest BCUT2D eigenvalue weighted by molar-refractivity contribution is 7.92. The Labute approximate surface area is 69.6 Å². The van der Waals surface area contributed by atoms with Crippen LogP contribution >= 0.6 is 0 Å². The fourth-order valence-electron chi connectivity index (χ4n) is 1.12. The summed E-state index contributed by atoms with van der Waals surface area (Å²) < 4.78 is 16.1. The Kier molecular flexibility index (Phi) is 1.35. The number of fused-ring (bicyclic) bond motifs is 1. The zero-order valence-corrected chi connectivity index (χ0v) is 7.24. The summed E-state index contributed by atoms with van der Waals surface area (Å²) in [7, 11) is -2.35. The Morgan fingerprint density at radius 2 is 2.42 bits per heavy atom. The number of amides is 1. The number of aromatic nitrogens is 2. The van der Waals surface area contributed by atoms with Crippen LogP contribution in [0.3, 0.4) is 0 Å². The van der Waals surface area contributed by atoms with Crippen molar-refractivity contribution in [3.05, 3.63) is 18.0 Å². The van der Waals surface area contributed by atoms with Crippen molar-refractivity contribution in [1.82, 2.24) is 9.78 Å². The van der Waals surface area contributed by atoms with Gasteiger partial charge in [0, 0.05) is 12.5 Å². The number of carbonyl (C=O) groups excluding carboxylic acids is 1. The molecule has 0 aromatic carbocycles. The van der Waals surface area contributed by atoms with Gasteiger partial charge in [-0.3, -0.25) is 0 Å². The van der Waals surface area contributed by atoms with Gasteiger partial charge in [-0.2, -0.15) is 9.78 Å². The molecule has 0 N–H and O–H groups in total. The van der Waals surface area contributed by atoms with Crippen LogP contribution in [-0.4, -0.2) is 26.3 Å². The number of hydrogen-bond acceptors (Lipinski definition) is 3. The lowest BCUT2D eigenvalue weighted by atomic mass is 10.5. The molecule has 0 aliphatic carbocycles. The molecule has 1 unspecified atom stereocenters. The van der Waals surface area contributed by atoms with E-state index in [1.807, 2.05) is 0 Å². The number of nitrogens with zero attached hydrogens (tertiary/aromatic N) is 3. The minimum atomic E-state index is -2.35. The summed E-state index contributed by atoms with van der Waals surface area (Å²) in [5.41, 5.74) is 0.669. The Morgan fingerprint density at radius 3 is 3.17 bits per heavy atom. The molecular formula is C6H7N3O2S. The smallest absolute Gasteiger partial charge is 0.249 e. The van der Waals surface area contributed by atoms with Crippen molar-refractivity contribution in [2.45, 2.75) is 5.75 Å². The van der Waals surface area contributed by atoms with Gasteiger partial charge in [-0.05, 0) is 6.07 Å². The Hall–Kier alpha value is -1.17. The number of carbonyl (C=O) groups is 1. The van der Waals surface area contributed by atoms with Crippen molar-refractivity contribution in [1.29, 1.82) is 0 Å². The normalized spacial score (nSPS) is 27.9. The predicted octanol–water partition coefficient (Wildman–Crippen LogP) is 0.463. The minimum Gasteiger partial charge on any atom is -0.249 e. The van der Waals surface area contributed by atoms with Crippen molar-refractivity contribution in [2.24, 2.45) is 4.36 Å². The second kappa shape index (κ2) is 2.16. The van der Waals surface area contributed by atoms with Crippen LogP contribution in [0.1, 0.15) is 5.69 Å². The quantitative estimate of drug-likeness (QED) is 0.590. The molecule has 12 heavy (non-hydrogen) atoms. The van der Waals surface area contributed by atoms with Gasteiger partial charge in [0.05, 0.1) is 21.2 Å². The fourth-order valence-corrected chi connectivity index (χ4v) is 2.36. The van der Waals surface area contributed by atoms with Gasteiger partial charge >= 0.3 is 6.03 Å². The number of hydrogen-bond donors (Lipinski definition) is 0. The van der Waals surface area contributed by atoms with E-state index in [1.54, 1.807) is 6.07 Å². The highest BCUT2D eigenvalue weighted by Crippen LogP contribution is 2.12. The molecular weight excluding hydrogens is 178 g/mol. The molecule has 6 heteroatoms. The van der Waals surface area contributed by atoms with Crippen LogP contribution in [0.4, 0.5) is 4.79 Å². The summed E-state index contributed by atoms with van der Waals surface area (Å²) in [6, 6.07) is 1.14. The zero-order valence-electron chi connectivity index (χ0n) is 6.43. The lowest BCUT2D eigenvalue weighted by Crippen LogP contribution is -2.21. The van der Waals surface area contributed by atoms with Gasteiger partial charge in [0.15, 0.2) is 0 Å². The third-order valence-electron chi connectivity index (χ3n) is 1.59. The first-order valence-electron chi connectivity index (χ1n) is 3.35. The molecule has 1 aliphatic rings. The third-order valence-corrected chi connectivity index (χ3v) is 2.96.